The lowest BCUT2D eigenvalue weighted by Crippen LogP contribution is -2.62. The van der Waals surface area contributed by atoms with Gasteiger partial charge in [0, 0.05) is 32.2 Å². The van der Waals surface area contributed by atoms with Crippen molar-refractivity contribution in [1.29, 1.82) is 0 Å². The summed E-state index contributed by atoms with van der Waals surface area (Å²) in [5.41, 5.74) is 17.7. The fourth-order valence-corrected chi connectivity index (χ4v) is 10.7. The third kappa shape index (κ3) is 30.7. The van der Waals surface area contributed by atoms with Crippen LogP contribution in [-0.4, -0.2) is 269 Å². The molecule has 1 heterocycles. The molecule has 0 bridgehead atoms. The second-order valence-electron chi connectivity index (χ2n) is 25.3. The summed E-state index contributed by atoms with van der Waals surface area (Å²) in [4.78, 5) is 215. The number of aliphatic hydroxyl groups excluding tert-OH is 4. The number of aromatic hydroxyl groups is 1. The molecule has 40 heteroatoms. The topological polar surface area (TPSA) is 669 Å². The Bertz CT molecular complexity index is 3350. The molecule has 0 aromatic heterocycles. The highest BCUT2D eigenvalue weighted by Gasteiger charge is 2.42. The molecule has 1 aliphatic rings. The van der Waals surface area contributed by atoms with E-state index < -0.39 is 237 Å². The van der Waals surface area contributed by atoms with Gasteiger partial charge in [-0.05, 0) is 115 Å². The van der Waals surface area contributed by atoms with Crippen molar-refractivity contribution >= 4 is 94.8 Å². The first-order valence-electron chi connectivity index (χ1n) is 34.1. The number of unbranched alkanes of at least 4 members (excludes halogenated alkanes) is 2. The summed E-state index contributed by atoms with van der Waals surface area (Å²) in [5.74, 6) is -20.6. The van der Waals surface area contributed by atoms with Gasteiger partial charge in [-0.2, -0.15) is 0 Å². The molecule has 0 unspecified atom stereocenters. The predicted molar refractivity (Wildman–Crippen MR) is 369 cm³/mol. The number of carboxylic acids is 4. The molecule has 2 aromatic rings. The highest BCUT2D eigenvalue weighted by Crippen LogP contribution is 2.21. The third-order valence-electron chi connectivity index (χ3n) is 16.7. The van der Waals surface area contributed by atoms with Gasteiger partial charge in [0.1, 0.15) is 78.3 Å². The van der Waals surface area contributed by atoms with Gasteiger partial charge in [-0.25, -0.2) is 4.79 Å². The summed E-state index contributed by atoms with van der Waals surface area (Å²) in [6.45, 7) is 1.31. The molecular weight excluding hydrogens is 1400 g/mol. The minimum atomic E-state index is -2.22. The number of aliphatic carboxylic acids is 4. The highest BCUT2D eigenvalue weighted by atomic mass is 16.4. The average Bonchev–Trinajstić information content (AvgIpc) is 1.58. The molecule has 0 aliphatic carbocycles. The molecule has 12 amide bonds. The van der Waals surface area contributed by atoms with Crippen LogP contribution in [0.2, 0.25) is 0 Å². The van der Waals surface area contributed by atoms with Crippen molar-refractivity contribution in [3.05, 3.63) is 65.7 Å². The maximum Gasteiger partial charge on any atom is 0.326 e. The van der Waals surface area contributed by atoms with Crippen molar-refractivity contribution in [2.45, 2.75) is 208 Å². The van der Waals surface area contributed by atoms with Gasteiger partial charge in [0.2, 0.25) is 70.9 Å². The number of phenolic OH excluding ortho intramolecular Hbond substituents is 1. The number of nitrogens with one attached hydrogen (secondary N) is 11. The van der Waals surface area contributed by atoms with Crippen LogP contribution >= 0.6 is 0 Å². The van der Waals surface area contributed by atoms with Crippen LogP contribution in [-0.2, 0) is 89.6 Å². The number of likely N-dealkylation sites (tertiary alicyclic amines) is 1. The Kier molecular flexibility index (Phi) is 38.6. The number of hydrogen-bond acceptors (Lipinski definition) is 24. The lowest BCUT2D eigenvalue weighted by atomic mass is 10.0. The van der Waals surface area contributed by atoms with E-state index >= 15 is 0 Å². The Hall–Kier alpha value is -10.5. The smallest absolute Gasteiger partial charge is 0.326 e. The summed E-state index contributed by atoms with van der Waals surface area (Å²) >= 11 is 0. The van der Waals surface area contributed by atoms with Crippen molar-refractivity contribution in [2.75, 3.05) is 32.8 Å². The molecule has 588 valence electrons. The lowest BCUT2D eigenvalue weighted by molar-refractivity contribution is -0.144. The van der Waals surface area contributed by atoms with Crippen molar-refractivity contribution < 1.29 is 123 Å². The summed E-state index contributed by atoms with van der Waals surface area (Å²) in [6, 6.07) is -8.99. The largest absolute Gasteiger partial charge is 0.508 e. The molecule has 106 heavy (non-hydrogen) atoms. The van der Waals surface area contributed by atoms with Crippen LogP contribution in [0.4, 0.5) is 0 Å². The molecule has 1 saturated heterocycles. The molecule has 0 saturated carbocycles. The maximum atomic E-state index is 14.4. The molecule has 1 aliphatic heterocycles. The molecule has 3 rings (SSSR count). The minimum Gasteiger partial charge on any atom is -0.508 e. The van der Waals surface area contributed by atoms with E-state index in [-0.39, 0.29) is 56.5 Å². The first-order chi connectivity index (χ1) is 50.0. The summed E-state index contributed by atoms with van der Waals surface area (Å²) in [6.07, 6.45) is -6.58. The predicted octanol–water partition coefficient (Wildman–Crippen LogP) is -7.86. The van der Waals surface area contributed by atoms with Gasteiger partial charge in [0.15, 0.2) is 0 Å². The fraction of sp³-hybridized carbons (Fsp3) is 0.576. The second-order valence-corrected chi connectivity index (χ2v) is 25.3. The van der Waals surface area contributed by atoms with Gasteiger partial charge in [-0.15, -0.1) is 0 Å². The Morgan fingerprint density at radius 2 is 0.877 bits per heavy atom. The Labute approximate surface area is 608 Å². The van der Waals surface area contributed by atoms with E-state index in [0.29, 0.717) is 37.8 Å². The zero-order valence-electron chi connectivity index (χ0n) is 58.7. The van der Waals surface area contributed by atoms with E-state index in [1.165, 1.54) is 24.3 Å². The Morgan fingerprint density at radius 1 is 0.453 bits per heavy atom. The molecule has 15 atom stereocenters. The summed E-state index contributed by atoms with van der Waals surface area (Å²) < 4.78 is 0. The van der Waals surface area contributed by atoms with Crippen molar-refractivity contribution in [1.82, 2.24) is 63.4 Å². The number of carbonyl (C=O) groups is 16. The highest BCUT2D eigenvalue weighted by molar-refractivity contribution is 6.01. The van der Waals surface area contributed by atoms with E-state index in [9.17, 15) is 123 Å². The number of carbonyl (C=O) groups excluding carboxylic acids is 12. The van der Waals surface area contributed by atoms with Gasteiger partial charge < -0.3 is 127 Å². The molecule has 0 spiro atoms. The number of rotatable bonds is 48. The fourth-order valence-electron chi connectivity index (χ4n) is 10.7. The molecule has 26 N–H and O–H groups in total. The second kappa shape index (κ2) is 45.7. The first kappa shape index (κ1) is 89.7. The molecule has 40 nitrogen and oxygen atoms in total. The average molecular weight is 1500 g/mol. The standard InChI is InChI=1S/C66H99N15O25/c1-33(70-63(102)52(34(2)84)79-60(99)45(30-51(91)92)75-57(96)41(22-24-50(89)90)72-64(103)53(35(3)85)80-61(100)46(31-82)77-55(94)39(69)14-7-9-25-67)54(93)71-40(21-23-49(87)88)56(95)74-43(29-37-17-19-38(86)20-18-37)59(98)78-47(32-83)65(104)81-27-11-16-48(81)62(101)76-44(28-36-12-5-4-6-13-36)58(97)73-42(66(105)106)15-8-10-26-68/h4-6,12-13,17-20,33-35,39-48,52-53,82-86H,7-11,14-16,21-32,67-69H2,1-3H3,(H,70,102)(H,71,93)(H,72,103)(H,73,97)(H,74,95)(H,75,96)(H,76,101)(H,77,94)(H,78,98)(H,79,99)(H,80,100)(H,87,88)(H,89,90)(H,91,92)(H,105,106)/t33-,34+,35+,39-,40-,41-,42-,43-,44-,45-,46-,47-,48-,52-,53-/m0/s1. The van der Waals surface area contributed by atoms with Crippen molar-refractivity contribution in [3.8, 4) is 5.75 Å². The van der Waals surface area contributed by atoms with Gasteiger partial charge in [-0.3, -0.25) is 71.9 Å². The molecule has 1 fully saturated rings. The zero-order valence-corrected chi connectivity index (χ0v) is 58.7. The van der Waals surface area contributed by atoms with E-state index in [1.807, 2.05) is 10.6 Å². The number of hydrogen-bond donors (Lipinski definition) is 23. The van der Waals surface area contributed by atoms with E-state index in [0.717, 1.165) is 25.7 Å². The van der Waals surface area contributed by atoms with Gasteiger partial charge in [-0.1, -0.05) is 48.9 Å². The van der Waals surface area contributed by atoms with Crippen LogP contribution in [0.3, 0.4) is 0 Å². The summed E-state index contributed by atoms with van der Waals surface area (Å²) in [5, 5.41) is 115. The number of aliphatic hydroxyl groups is 4. The minimum absolute atomic E-state index is 0.0285. The normalized spacial score (nSPS) is 16.5. The van der Waals surface area contributed by atoms with Crippen LogP contribution in [0, 0.1) is 0 Å². The van der Waals surface area contributed by atoms with Crippen LogP contribution in [0.5, 0.6) is 5.75 Å². The molecule has 0 radical (unpaired) electrons. The van der Waals surface area contributed by atoms with E-state index in [2.05, 4.69) is 47.9 Å². The number of phenols is 1. The number of nitrogens with two attached hydrogens (primary N) is 3. The SMILES string of the molecule is C[C@H](NC(=O)[C@@H](NC(=O)[C@H](CC(=O)O)NC(=O)[C@H](CCC(=O)O)NC(=O)[C@@H](NC(=O)[C@H](CO)NC(=O)[C@@H](N)CCCCN)[C@@H](C)O)[C@@H](C)O)C(=O)N[C@@H](CCC(=O)O)C(=O)N[C@@H](Cc1ccc(O)cc1)C(=O)N[C@@H](CO)C(=O)N1CCC[C@H]1C(=O)N[C@@H](Cc1ccccc1)C(=O)N[C@@H](CCCCN)C(=O)O. The van der Waals surface area contributed by atoms with Crippen LogP contribution in [0.1, 0.15) is 115 Å². The summed E-state index contributed by atoms with van der Waals surface area (Å²) in [7, 11) is 0. The molecule has 2 aromatic carbocycles. The Morgan fingerprint density at radius 3 is 1.37 bits per heavy atom. The lowest BCUT2D eigenvalue weighted by Gasteiger charge is -2.30. The van der Waals surface area contributed by atoms with Gasteiger partial charge >= 0.3 is 23.9 Å². The van der Waals surface area contributed by atoms with Crippen LogP contribution < -0.4 is 75.7 Å². The van der Waals surface area contributed by atoms with E-state index in [4.69, 9.17) is 17.2 Å². The molecular formula is C66H99N15O25. The monoisotopic (exact) mass is 1500 g/mol. The van der Waals surface area contributed by atoms with Gasteiger partial charge in [0.05, 0.1) is 37.9 Å². The first-order valence-corrected chi connectivity index (χ1v) is 34.1. The number of benzene rings is 2. The van der Waals surface area contributed by atoms with Crippen LogP contribution in [0.15, 0.2) is 54.6 Å². The third-order valence-corrected chi connectivity index (χ3v) is 16.7. The van der Waals surface area contributed by atoms with Crippen molar-refractivity contribution in [3.63, 3.8) is 0 Å². The van der Waals surface area contributed by atoms with Crippen LogP contribution in [0.25, 0.3) is 0 Å². The number of nitrogens with zero attached hydrogens (tertiary/aromatic N) is 1. The van der Waals surface area contributed by atoms with E-state index in [1.54, 1.807) is 30.3 Å². The number of amides is 12. The van der Waals surface area contributed by atoms with Crippen molar-refractivity contribution in [2.24, 2.45) is 17.2 Å². The quantitative estimate of drug-likeness (QED) is 0.0274. The van der Waals surface area contributed by atoms with Gasteiger partial charge in [0.25, 0.3) is 0 Å². The number of carboxylic acid groups (broad SMARTS) is 4. The Balaban J connectivity index is 1.85. The zero-order chi connectivity index (χ0) is 79.5. The maximum absolute atomic E-state index is 14.4.